The summed E-state index contributed by atoms with van der Waals surface area (Å²) in [7, 11) is 0. The van der Waals surface area contributed by atoms with Gasteiger partial charge in [-0.15, -0.1) is 0 Å². The highest BCUT2D eigenvalue weighted by Crippen LogP contribution is 2.20. The van der Waals surface area contributed by atoms with E-state index < -0.39 is 0 Å². The second kappa shape index (κ2) is 8.10. The standard InChI is InChI=1S/C20H19BrN4O/c1-13(2)15-5-3-14(4-6-15)12-22-25-20(26)19-11-18(23-24-19)16-7-9-17(21)10-8-16/h3-13H,1-2H3,(H,23,24)(H,25,26)/b22-12+. The van der Waals surface area contributed by atoms with Gasteiger partial charge in [0.05, 0.1) is 11.9 Å². The summed E-state index contributed by atoms with van der Waals surface area (Å²) in [5.41, 5.74) is 6.69. The number of aromatic amines is 1. The molecule has 0 aliphatic carbocycles. The molecule has 0 aliphatic heterocycles. The third-order valence-corrected chi connectivity index (χ3v) is 4.47. The van der Waals surface area contributed by atoms with Crippen molar-refractivity contribution in [1.29, 1.82) is 0 Å². The van der Waals surface area contributed by atoms with Gasteiger partial charge in [0.1, 0.15) is 5.69 Å². The van der Waals surface area contributed by atoms with Crippen molar-refractivity contribution < 1.29 is 4.79 Å². The maximum Gasteiger partial charge on any atom is 0.289 e. The summed E-state index contributed by atoms with van der Waals surface area (Å²) in [4.78, 5) is 12.2. The van der Waals surface area contributed by atoms with E-state index in [1.807, 2.05) is 36.4 Å². The molecule has 1 aromatic heterocycles. The average molecular weight is 411 g/mol. The zero-order valence-corrected chi connectivity index (χ0v) is 16.1. The molecular formula is C20H19BrN4O. The summed E-state index contributed by atoms with van der Waals surface area (Å²) in [5, 5.41) is 10.9. The number of benzene rings is 2. The van der Waals surface area contributed by atoms with Crippen molar-refractivity contribution in [3.05, 3.63) is 75.9 Å². The lowest BCUT2D eigenvalue weighted by Crippen LogP contribution is -2.18. The number of carbonyl (C=O) groups is 1. The Morgan fingerprint density at radius 2 is 1.85 bits per heavy atom. The van der Waals surface area contributed by atoms with Crippen molar-refractivity contribution in [1.82, 2.24) is 15.6 Å². The van der Waals surface area contributed by atoms with E-state index in [4.69, 9.17) is 0 Å². The molecule has 0 radical (unpaired) electrons. The zero-order chi connectivity index (χ0) is 18.5. The second-order valence-electron chi connectivity index (χ2n) is 6.19. The van der Waals surface area contributed by atoms with Crippen LogP contribution >= 0.6 is 15.9 Å². The fourth-order valence-corrected chi connectivity index (χ4v) is 2.66. The Hall–Kier alpha value is -2.73. The fourth-order valence-electron chi connectivity index (χ4n) is 2.40. The molecule has 3 aromatic rings. The number of nitrogens with zero attached hydrogens (tertiary/aromatic N) is 2. The van der Waals surface area contributed by atoms with Crippen LogP contribution in [0.25, 0.3) is 11.3 Å². The van der Waals surface area contributed by atoms with Crippen LogP contribution < -0.4 is 5.43 Å². The van der Waals surface area contributed by atoms with Gasteiger partial charge in [0.15, 0.2) is 0 Å². The summed E-state index contributed by atoms with van der Waals surface area (Å²) < 4.78 is 0.991. The number of carbonyl (C=O) groups excluding carboxylic acids is 1. The van der Waals surface area contributed by atoms with E-state index in [0.29, 0.717) is 17.3 Å². The number of hydrazone groups is 1. The van der Waals surface area contributed by atoms with Crippen LogP contribution in [0.15, 0.2) is 64.2 Å². The van der Waals surface area contributed by atoms with Gasteiger partial charge in [-0.25, -0.2) is 5.43 Å². The normalized spacial score (nSPS) is 11.2. The number of nitrogens with one attached hydrogen (secondary N) is 2. The molecule has 0 saturated carbocycles. The van der Waals surface area contributed by atoms with Gasteiger partial charge in [-0.2, -0.15) is 10.2 Å². The van der Waals surface area contributed by atoms with E-state index in [9.17, 15) is 4.79 Å². The van der Waals surface area contributed by atoms with Crippen molar-refractivity contribution in [3.8, 4) is 11.3 Å². The molecule has 1 heterocycles. The zero-order valence-electron chi connectivity index (χ0n) is 14.5. The fraction of sp³-hybridized carbons (Fsp3) is 0.150. The van der Waals surface area contributed by atoms with Gasteiger partial charge in [-0.1, -0.05) is 66.2 Å². The molecule has 5 nitrogen and oxygen atoms in total. The Balaban J connectivity index is 1.62. The van der Waals surface area contributed by atoms with Crippen LogP contribution in [0.2, 0.25) is 0 Å². The Labute approximate surface area is 160 Å². The molecule has 0 fully saturated rings. The molecule has 6 heteroatoms. The molecule has 0 bridgehead atoms. The quantitative estimate of drug-likeness (QED) is 0.471. The van der Waals surface area contributed by atoms with Crippen molar-refractivity contribution in [3.63, 3.8) is 0 Å². The lowest BCUT2D eigenvalue weighted by Gasteiger charge is -2.04. The molecule has 0 unspecified atom stereocenters. The van der Waals surface area contributed by atoms with E-state index in [0.717, 1.165) is 15.6 Å². The minimum atomic E-state index is -0.337. The van der Waals surface area contributed by atoms with Crippen LogP contribution in [0.5, 0.6) is 0 Å². The highest BCUT2D eigenvalue weighted by atomic mass is 79.9. The summed E-state index contributed by atoms with van der Waals surface area (Å²) in [6, 6.07) is 17.5. The van der Waals surface area contributed by atoms with Gasteiger partial charge in [0.25, 0.3) is 5.91 Å². The van der Waals surface area contributed by atoms with Crippen LogP contribution in [-0.2, 0) is 0 Å². The van der Waals surface area contributed by atoms with Gasteiger partial charge in [0.2, 0.25) is 0 Å². The van der Waals surface area contributed by atoms with Crippen molar-refractivity contribution in [2.45, 2.75) is 19.8 Å². The van der Waals surface area contributed by atoms with Gasteiger partial charge in [-0.3, -0.25) is 9.89 Å². The summed E-state index contributed by atoms with van der Waals surface area (Å²) >= 11 is 3.40. The van der Waals surface area contributed by atoms with Crippen molar-refractivity contribution in [2.75, 3.05) is 0 Å². The van der Waals surface area contributed by atoms with Crippen LogP contribution in [0.1, 0.15) is 41.4 Å². The Kier molecular flexibility index (Phi) is 5.63. The molecule has 0 aliphatic rings. The summed E-state index contributed by atoms with van der Waals surface area (Å²) in [6.07, 6.45) is 1.62. The molecule has 2 aromatic carbocycles. The predicted molar refractivity (Wildman–Crippen MR) is 107 cm³/mol. The SMILES string of the molecule is CC(C)c1ccc(/C=N/NC(=O)c2cc(-c3ccc(Br)cc3)n[nH]2)cc1. The average Bonchev–Trinajstić information content (AvgIpc) is 3.13. The maximum atomic E-state index is 12.2. The third kappa shape index (κ3) is 4.46. The van der Waals surface area contributed by atoms with E-state index >= 15 is 0 Å². The number of rotatable bonds is 5. The van der Waals surface area contributed by atoms with Crippen LogP contribution in [-0.4, -0.2) is 22.3 Å². The minimum absolute atomic E-state index is 0.337. The van der Waals surface area contributed by atoms with E-state index in [1.54, 1.807) is 12.3 Å². The number of amides is 1. The van der Waals surface area contributed by atoms with E-state index in [-0.39, 0.29) is 5.91 Å². The molecule has 132 valence electrons. The van der Waals surface area contributed by atoms with Gasteiger partial charge in [-0.05, 0) is 35.2 Å². The van der Waals surface area contributed by atoms with Crippen LogP contribution in [0, 0.1) is 0 Å². The molecule has 0 spiro atoms. The Morgan fingerprint density at radius 1 is 1.15 bits per heavy atom. The van der Waals surface area contributed by atoms with Gasteiger partial charge < -0.3 is 0 Å². The van der Waals surface area contributed by atoms with Crippen molar-refractivity contribution in [2.24, 2.45) is 5.10 Å². The lowest BCUT2D eigenvalue weighted by molar-refractivity contribution is 0.0950. The largest absolute Gasteiger partial charge is 0.289 e. The number of H-pyrrole nitrogens is 1. The number of hydrogen-bond acceptors (Lipinski definition) is 3. The molecule has 0 saturated heterocycles. The molecule has 0 atom stereocenters. The Bertz CT molecular complexity index is 912. The molecule has 2 N–H and O–H groups in total. The highest BCUT2D eigenvalue weighted by molar-refractivity contribution is 9.10. The molecule has 1 amide bonds. The highest BCUT2D eigenvalue weighted by Gasteiger charge is 2.10. The van der Waals surface area contributed by atoms with Crippen LogP contribution in [0.3, 0.4) is 0 Å². The molecular weight excluding hydrogens is 392 g/mol. The first-order valence-electron chi connectivity index (χ1n) is 8.27. The number of aromatic nitrogens is 2. The van der Waals surface area contributed by atoms with Crippen molar-refractivity contribution >= 4 is 28.1 Å². The van der Waals surface area contributed by atoms with E-state index in [2.05, 4.69) is 62.6 Å². The maximum absolute atomic E-state index is 12.2. The first-order valence-corrected chi connectivity index (χ1v) is 9.07. The summed E-state index contributed by atoms with van der Waals surface area (Å²) in [5.74, 6) is 0.150. The van der Waals surface area contributed by atoms with Crippen LogP contribution in [0.4, 0.5) is 0 Å². The predicted octanol–water partition coefficient (Wildman–Crippen LogP) is 4.73. The molecule has 3 rings (SSSR count). The number of halogens is 1. The second-order valence-corrected chi connectivity index (χ2v) is 7.11. The van der Waals surface area contributed by atoms with Gasteiger partial charge >= 0.3 is 0 Å². The molecule has 26 heavy (non-hydrogen) atoms. The number of hydrogen-bond donors (Lipinski definition) is 2. The smallest absolute Gasteiger partial charge is 0.272 e. The van der Waals surface area contributed by atoms with Gasteiger partial charge in [0, 0.05) is 10.0 Å². The lowest BCUT2D eigenvalue weighted by atomic mass is 10.0. The topological polar surface area (TPSA) is 70.1 Å². The minimum Gasteiger partial charge on any atom is -0.272 e. The monoisotopic (exact) mass is 410 g/mol. The third-order valence-electron chi connectivity index (χ3n) is 3.95. The Morgan fingerprint density at radius 3 is 2.50 bits per heavy atom. The summed E-state index contributed by atoms with van der Waals surface area (Å²) in [6.45, 7) is 4.30. The van der Waals surface area contributed by atoms with E-state index in [1.165, 1.54) is 5.56 Å². The first-order chi connectivity index (χ1) is 12.5. The first kappa shape index (κ1) is 18.1.